The molecule has 0 atom stereocenters. The fourth-order valence-corrected chi connectivity index (χ4v) is 2.67. The molecule has 0 saturated heterocycles. The Labute approximate surface area is 122 Å². The van der Waals surface area contributed by atoms with Gasteiger partial charge in [-0.15, -0.1) is 11.3 Å². The van der Waals surface area contributed by atoms with Gasteiger partial charge in [-0.3, -0.25) is 10.1 Å². The van der Waals surface area contributed by atoms with Gasteiger partial charge in [0, 0.05) is 12.6 Å². The zero-order valence-corrected chi connectivity index (χ0v) is 13.0. The first-order valence-corrected chi connectivity index (χ1v) is 7.43. The lowest BCUT2D eigenvalue weighted by atomic mass is 9.90. The van der Waals surface area contributed by atoms with Crippen LogP contribution in [0.2, 0.25) is 0 Å². The lowest BCUT2D eigenvalue weighted by Crippen LogP contribution is -2.22. The number of anilines is 1. The van der Waals surface area contributed by atoms with Crippen molar-refractivity contribution >= 4 is 32.9 Å². The molecular formula is C14H19N3O2S. The Morgan fingerprint density at radius 1 is 1.45 bits per heavy atom. The summed E-state index contributed by atoms with van der Waals surface area (Å²) >= 11 is 1.48. The number of rotatable bonds is 5. The molecule has 5 nitrogen and oxygen atoms in total. The van der Waals surface area contributed by atoms with Gasteiger partial charge >= 0.3 is 0 Å². The van der Waals surface area contributed by atoms with E-state index in [1.807, 2.05) is 6.92 Å². The number of nitro benzene ring substituents is 1. The first-order chi connectivity index (χ1) is 9.32. The number of aromatic nitrogens is 1. The molecule has 1 heterocycles. The van der Waals surface area contributed by atoms with Gasteiger partial charge in [0.1, 0.15) is 5.69 Å². The predicted molar refractivity (Wildman–Crippen MR) is 83.6 cm³/mol. The Kier molecular flexibility index (Phi) is 3.94. The Bertz CT molecular complexity index is 649. The van der Waals surface area contributed by atoms with Gasteiger partial charge in [-0.1, -0.05) is 20.8 Å². The number of benzene rings is 1. The number of nitrogens with one attached hydrogen (secondary N) is 1. The third-order valence-corrected chi connectivity index (χ3v) is 4.46. The molecule has 0 bridgehead atoms. The molecule has 1 N–H and O–H groups in total. The van der Waals surface area contributed by atoms with Crippen LogP contribution in [0.5, 0.6) is 0 Å². The van der Waals surface area contributed by atoms with Gasteiger partial charge in [0.05, 0.1) is 20.1 Å². The second-order valence-electron chi connectivity index (χ2n) is 5.70. The maximum Gasteiger partial charge on any atom is 0.293 e. The summed E-state index contributed by atoms with van der Waals surface area (Å²) in [6.07, 6.45) is 1.01. The number of hydrogen-bond donors (Lipinski definition) is 1. The van der Waals surface area contributed by atoms with Gasteiger partial charge in [0.15, 0.2) is 0 Å². The quantitative estimate of drug-likeness (QED) is 0.657. The van der Waals surface area contributed by atoms with Crippen molar-refractivity contribution in [3.8, 4) is 0 Å². The van der Waals surface area contributed by atoms with E-state index in [9.17, 15) is 10.1 Å². The second kappa shape index (κ2) is 5.36. The van der Waals surface area contributed by atoms with Gasteiger partial charge in [-0.2, -0.15) is 0 Å². The van der Waals surface area contributed by atoms with E-state index >= 15 is 0 Å². The summed E-state index contributed by atoms with van der Waals surface area (Å²) in [5.74, 6) is 0. The minimum atomic E-state index is -0.338. The molecule has 0 unspecified atom stereocenters. The maximum atomic E-state index is 11.2. The summed E-state index contributed by atoms with van der Waals surface area (Å²) in [7, 11) is 0. The van der Waals surface area contributed by atoms with Gasteiger partial charge in [0.2, 0.25) is 0 Å². The topological polar surface area (TPSA) is 68.1 Å². The van der Waals surface area contributed by atoms with Crippen LogP contribution >= 0.6 is 11.3 Å². The molecular weight excluding hydrogens is 274 g/mol. The van der Waals surface area contributed by atoms with Crippen LogP contribution in [0, 0.1) is 22.5 Å². The highest BCUT2D eigenvalue weighted by Crippen LogP contribution is 2.33. The van der Waals surface area contributed by atoms with Gasteiger partial charge in [-0.25, -0.2) is 4.98 Å². The van der Waals surface area contributed by atoms with E-state index in [0.29, 0.717) is 12.2 Å². The standard InChI is InChI=1S/C14H19N3O2S/c1-5-14(3,4)8-15-10-6-11-13(20-9(2)16-11)7-12(10)17(18)19/h6-7,15H,5,8H2,1-4H3. The van der Waals surface area contributed by atoms with Gasteiger partial charge in [-0.05, 0) is 24.8 Å². The van der Waals surface area contributed by atoms with E-state index in [0.717, 1.165) is 21.6 Å². The smallest absolute Gasteiger partial charge is 0.293 e. The van der Waals surface area contributed by atoms with Crippen LogP contribution in [-0.4, -0.2) is 16.5 Å². The third kappa shape index (κ3) is 3.07. The van der Waals surface area contributed by atoms with Crippen LogP contribution in [-0.2, 0) is 0 Å². The monoisotopic (exact) mass is 293 g/mol. The molecule has 0 amide bonds. The van der Waals surface area contributed by atoms with Gasteiger partial charge < -0.3 is 5.32 Å². The Morgan fingerprint density at radius 2 is 2.15 bits per heavy atom. The summed E-state index contributed by atoms with van der Waals surface area (Å²) in [6, 6.07) is 3.39. The molecule has 2 aromatic rings. The van der Waals surface area contributed by atoms with Crippen molar-refractivity contribution in [2.75, 3.05) is 11.9 Å². The molecule has 0 radical (unpaired) electrons. The van der Waals surface area contributed by atoms with E-state index in [1.165, 1.54) is 11.3 Å². The average Bonchev–Trinajstić information content (AvgIpc) is 2.74. The molecule has 0 spiro atoms. The molecule has 0 fully saturated rings. The maximum absolute atomic E-state index is 11.2. The lowest BCUT2D eigenvalue weighted by molar-refractivity contribution is -0.383. The molecule has 20 heavy (non-hydrogen) atoms. The van der Waals surface area contributed by atoms with Gasteiger partial charge in [0.25, 0.3) is 5.69 Å². The van der Waals surface area contributed by atoms with Crippen molar-refractivity contribution in [2.24, 2.45) is 5.41 Å². The van der Waals surface area contributed by atoms with Crippen LogP contribution in [0.4, 0.5) is 11.4 Å². The highest BCUT2D eigenvalue weighted by atomic mass is 32.1. The van der Waals surface area contributed by atoms with Crippen molar-refractivity contribution in [3.63, 3.8) is 0 Å². The molecule has 0 aliphatic carbocycles. The van der Waals surface area contributed by atoms with E-state index in [1.54, 1.807) is 12.1 Å². The van der Waals surface area contributed by atoms with Crippen LogP contribution < -0.4 is 5.32 Å². The van der Waals surface area contributed by atoms with E-state index < -0.39 is 0 Å². The minimum Gasteiger partial charge on any atom is -0.379 e. The van der Waals surface area contributed by atoms with E-state index in [2.05, 4.69) is 31.1 Å². The van der Waals surface area contributed by atoms with Crippen molar-refractivity contribution < 1.29 is 4.92 Å². The normalized spacial score (nSPS) is 11.8. The molecule has 2 rings (SSSR count). The molecule has 0 aliphatic rings. The number of thiazole rings is 1. The summed E-state index contributed by atoms with van der Waals surface area (Å²) in [4.78, 5) is 15.3. The number of nitro groups is 1. The summed E-state index contributed by atoms with van der Waals surface area (Å²) in [5, 5.41) is 15.3. The highest BCUT2D eigenvalue weighted by molar-refractivity contribution is 7.18. The second-order valence-corrected chi connectivity index (χ2v) is 6.93. The van der Waals surface area contributed by atoms with Crippen molar-refractivity contribution in [2.45, 2.75) is 34.1 Å². The van der Waals surface area contributed by atoms with Crippen molar-refractivity contribution in [1.82, 2.24) is 4.98 Å². The van der Waals surface area contributed by atoms with Crippen molar-refractivity contribution in [1.29, 1.82) is 0 Å². The Morgan fingerprint density at radius 3 is 2.75 bits per heavy atom. The number of nitrogens with zero attached hydrogens (tertiary/aromatic N) is 2. The zero-order chi connectivity index (χ0) is 14.9. The van der Waals surface area contributed by atoms with Crippen molar-refractivity contribution in [3.05, 3.63) is 27.3 Å². The molecule has 0 aliphatic heterocycles. The third-order valence-electron chi connectivity index (χ3n) is 3.52. The predicted octanol–water partition coefficient (Wildman–Crippen LogP) is 4.36. The minimum absolute atomic E-state index is 0.0980. The Balaban J connectivity index is 2.39. The molecule has 1 aromatic carbocycles. The summed E-state index contributed by atoms with van der Waals surface area (Å²) in [5.41, 5.74) is 1.58. The number of aryl methyl sites for hydroxylation is 1. The summed E-state index contributed by atoms with van der Waals surface area (Å²) in [6.45, 7) is 8.99. The number of hydrogen-bond acceptors (Lipinski definition) is 5. The zero-order valence-electron chi connectivity index (χ0n) is 12.2. The van der Waals surface area contributed by atoms with E-state index in [-0.39, 0.29) is 16.0 Å². The Hall–Kier alpha value is -1.69. The van der Waals surface area contributed by atoms with Crippen LogP contribution in [0.3, 0.4) is 0 Å². The fourth-order valence-electron chi connectivity index (χ4n) is 1.83. The molecule has 6 heteroatoms. The van der Waals surface area contributed by atoms with E-state index in [4.69, 9.17) is 0 Å². The first kappa shape index (κ1) is 14.7. The van der Waals surface area contributed by atoms with Crippen LogP contribution in [0.25, 0.3) is 10.2 Å². The first-order valence-electron chi connectivity index (χ1n) is 6.62. The molecule has 108 valence electrons. The van der Waals surface area contributed by atoms with Crippen LogP contribution in [0.1, 0.15) is 32.2 Å². The fraction of sp³-hybridized carbons (Fsp3) is 0.500. The SMILES string of the molecule is CCC(C)(C)CNc1cc2nc(C)sc2cc1[N+](=O)[O-]. The molecule has 0 saturated carbocycles. The summed E-state index contributed by atoms with van der Waals surface area (Å²) < 4.78 is 0.856. The van der Waals surface area contributed by atoms with Crippen LogP contribution in [0.15, 0.2) is 12.1 Å². The largest absolute Gasteiger partial charge is 0.379 e. The molecule has 1 aromatic heterocycles. The lowest BCUT2D eigenvalue weighted by Gasteiger charge is -2.23. The average molecular weight is 293 g/mol. The number of fused-ring (bicyclic) bond motifs is 1. The highest BCUT2D eigenvalue weighted by Gasteiger charge is 2.20.